The molecule has 98 valence electrons. The largest absolute Gasteiger partial charge is 0.463 e. The van der Waals surface area contributed by atoms with Gasteiger partial charge in [0.05, 0.1) is 12.2 Å². The standard InChI is InChI=1S/C12H16N2O4/c1-3-4-7-18-10(15)6-5-9-8(2)13-12(17)14-11(9)16/h5-6H,3-4,7H2,1-2H3,(H2,13,14,16,17)/b6-5+. The van der Waals surface area contributed by atoms with Gasteiger partial charge in [-0.25, -0.2) is 9.59 Å². The van der Waals surface area contributed by atoms with E-state index in [2.05, 4.69) is 9.97 Å². The second kappa shape index (κ2) is 6.58. The minimum Gasteiger partial charge on any atom is -0.463 e. The lowest BCUT2D eigenvalue weighted by Crippen LogP contribution is -2.25. The summed E-state index contributed by atoms with van der Waals surface area (Å²) in [5.41, 5.74) is -0.461. The molecule has 0 saturated carbocycles. The fourth-order valence-corrected chi connectivity index (χ4v) is 1.33. The van der Waals surface area contributed by atoms with Gasteiger partial charge < -0.3 is 9.72 Å². The van der Waals surface area contributed by atoms with E-state index in [0.717, 1.165) is 12.8 Å². The van der Waals surface area contributed by atoms with Gasteiger partial charge in [0.25, 0.3) is 5.56 Å². The van der Waals surface area contributed by atoms with Crippen LogP contribution in [0.2, 0.25) is 0 Å². The van der Waals surface area contributed by atoms with Crippen molar-refractivity contribution >= 4 is 12.0 Å². The number of carbonyl (C=O) groups excluding carboxylic acids is 1. The first-order valence-electron chi connectivity index (χ1n) is 5.72. The molecular formula is C12H16N2O4. The molecule has 0 saturated heterocycles. The number of aryl methyl sites for hydroxylation is 1. The first-order valence-corrected chi connectivity index (χ1v) is 5.72. The molecule has 0 fully saturated rings. The van der Waals surface area contributed by atoms with Gasteiger partial charge >= 0.3 is 11.7 Å². The Morgan fingerprint density at radius 2 is 2.06 bits per heavy atom. The summed E-state index contributed by atoms with van der Waals surface area (Å²) in [6, 6.07) is 0. The van der Waals surface area contributed by atoms with Gasteiger partial charge in [0, 0.05) is 11.8 Å². The maximum Gasteiger partial charge on any atom is 0.330 e. The van der Waals surface area contributed by atoms with Crippen molar-refractivity contribution in [3.8, 4) is 0 Å². The summed E-state index contributed by atoms with van der Waals surface area (Å²) < 4.78 is 4.90. The zero-order valence-electron chi connectivity index (χ0n) is 10.4. The highest BCUT2D eigenvalue weighted by Gasteiger charge is 2.03. The minimum atomic E-state index is -0.569. The number of unbranched alkanes of at least 4 members (excludes halogenated alkanes) is 1. The SMILES string of the molecule is CCCCOC(=O)/C=C/c1c(C)[nH]c(=O)[nH]c1=O. The average molecular weight is 252 g/mol. The van der Waals surface area contributed by atoms with Crippen molar-refractivity contribution in [2.75, 3.05) is 6.61 Å². The van der Waals surface area contributed by atoms with E-state index in [1.54, 1.807) is 6.92 Å². The van der Waals surface area contributed by atoms with E-state index >= 15 is 0 Å². The molecule has 0 radical (unpaired) electrons. The van der Waals surface area contributed by atoms with Crippen molar-refractivity contribution in [2.45, 2.75) is 26.7 Å². The Morgan fingerprint density at radius 1 is 1.33 bits per heavy atom. The number of hydrogen-bond acceptors (Lipinski definition) is 4. The molecule has 0 unspecified atom stereocenters. The predicted molar refractivity (Wildman–Crippen MR) is 67.3 cm³/mol. The van der Waals surface area contributed by atoms with Gasteiger partial charge in [-0.1, -0.05) is 13.3 Å². The molecular weight excluding hydrogens is 236 g/mol. The van der Waals surface area contributed by atoms with E-state index in [1.165, 1.54) is 12.2 Å². The Morgan fingerprint density at radius 3 is 2.67 bits per heavy atom. The van der Waals surface area contributed by atoms with Crippen LogP contribution in [0.15, 0.2) is 15.7 Å². The van der Waals surface area contributed by atoms with Crippen molar-refractivity contribution in [1.29, 1.82) is 0 Å². The van der Waals surface area contributed by atoms with E-state index in [0.29, 0.717) is 12.3 Å². The fourth-order valence-electron chi connectivity index (χ4n) is 1.33. The zero-order chi connectivity index (χ0) is 13.5. The lowest BCUT2D eigenvalue weighted by molar-refractivity contribution is -0.137. The number of hydrogen-bond donors (Lipinski definition) is 2. The highest BCUT2D eigenvalue weighted by molar-refractivity contribution is 5.87. The number of H-pyrrole nitrogens is 2. The molecule has 0 atom stereocenters. The molecule has 1 aromatic heterocycles. The Kier molecular flexibility index (Phi) is 5.10. The zero-order valence-corrected chi connectivity index (χ0v) is 10.4. The van der Waals surface area contributed by atoms with Crippen LogP contribution < -0.4 is 11.2 Å². The van der Waals surface area contributed by atoms with Crippen molar-refractivity contribution in [3.63, 3.8) is 0 Å². The smallest absolute Gasteiger partial charge is 0.330 e. The van der Waals surface area contributed by atoms with Crippen LogP contribution in [0, 0.1) is 6.92 Å². The van der Waals surface area contributed by atoms with Crippen molar-refractivity contribution in [2.24, 2.45) is 0 Å². The summed E-state index contributed by atoms with van der Waals surface area (Å²) in [4.78, 5) is 38.2. The van der Waals surface area contributed by atoms with Gasteiger partial charge in [0.15, 0.2) is 0 Å². The molecule has 0 aliphatic rings. The summed E-state index contributed by atoms with van der Waals surface area (Å²) in [5.74, 6) is -0.506. The summed E-state index contributed by atoms with van der Waals surface area (Å²) in [7, 11) is 0. The summed E-state index contributed by atoms with van der Waals surface area (Å²) in [6.45, 7) is 3.94. The van der Waals surface area contributed by atoms with Gasteiger partial charge in [0.2, 0.25) is 0 Å². The number of carbonyl (C=O) groups is 1. The van der Waals surface area contributed by atoms with Crippen LogP contribution in [0.1, 0.15) is 31.0 Å². The predicted octanol–water partition coefficient (Wildman–Crippen LogP) is 0.728. The number of rotatable bonds is 5. The van der Waals surface area contributed by atoms with Crippen molar-refractivity contribution in [3.05, 3.63) is 38.2 Å². The number of aromatic amines is 2. The summed E-state index contributed by atoms with van der Waals surface area (Å²) in [6.07, 6.45) is 4.25. The topological polar surface area (TPSA) is 92.0 Å². The Hall–Kier alpha value is -2.11. The monoisotopic (exact) mass is 252 g/mol. The van der Waals surface area contributed by atoms with Crippen LogP contribution in [-0.4, -0.2) is 22.5 Å². The Bertz CT molecular complexity index is 554. The number of esters is 1. The first-order chi connectivity index (χ1) is 8.54. The third-order valence-corrected chi connectivity index (χ3v) is 2.31. The van der Waals surface area contributed by atoms with Gasteiger partial charge in [-0.2, -0.15) is 0 Å². The summed E-state index contributed by atoms with van der Waals surface area (Å²) in [5, 5.41) is 0. The van der Waals surface area contributed by atoms with Gasteiger partial charge in [-0.3, -0.25) is 9.78 Å². The van der Waals surface area contributed by atoms with Crippen LogP contribution in [-0.2, 0) is 9.53 Å². The molecule has 18 heavy (non-hydrogen) atoms. The molecule has 0 amide bonds. The second-order valence-corrected chi connectivity index (χ2v) is 3.80. The maximum absolute atomic E-state index is 11.5. The van der Waals surface area contributed by atoms with Crippen LogP contribution >= 0.6 is 0 Å². The van der Waals surface area contributed by atoms with Gasteiger partial charge in [-0.15, -0.1) is 0 Å². The molecule has 1 aromatic rings. The highest BCUT2D eigenvalue weighted by Crippen LogP contribution is 1.99. The third-order valence-electron chi connectivity index (χ3n) is 2.31. The van der Waals surface area contributed by atoms with Crippen LogP contribution in [0.25, 0.3) is 6.08 Å². The van der Waals surface area contributed by atoms with Crippen molar-refractivity contribution < 1.29 is 9.53 Å². The van der Waals surface area contributed by atoms with Crippen LogP contribution in [0.3, 0.4) is 0 Å². The van der Waals surface area contributed by atoms with E-state index in [-0.39, 0.29) is 5.56 Å². The Balaban J connectivity index is 2.76. The fraction of sp³-hybridized carbons (Fsp3) is 0.417. The van der Waals surface area contributed by atoms with Crippen LogP contribution in [0.4, 0.5) is 0 Å². The molecule has 6 heteroatoms. The molecule has 2 N–H and O–H groups in total. The molecule has 0 aliphatic carbocycles. The second-order valence-electron chi connectivity index (χ2n) is 3.80. The molecule has 6 nitrogen and oxygen atoms in total. The quantitative estimate of drug-likeness (QED) is 0.459. The molecule has 0 bridgehead atoms. The maximum atomic E-state index is 11.5. The average Bonchev–Trinajstić information content (AvgIpc) is 2.27. The van der Waals surface area contributed by atoms with Crippen molar-refractivity contribution in [1.82, 2.24) is 9.97 Å². The third kappa shape index (κ3) is 4.04. The molecule has 0 aromatic carbocycles. The normalized spacial score (nSPS) is 10.8. The van der Waals surface area contributed by atoms with E-state index in [1.807, 2.05) is 6.92 Å². The minimum absolute atomic E-state index is 0.238. The van der Waals surface area contributed by atoms with Crippen LogP contribution in [0.5, 0.6) is 0 Å². The molecule has 1 heterocycles. The molecule has 0 spiro atoms. The molecule has 1 rings (SSSR count). The lowest BCUT2D eigenvalue weighted by Gasteiger charge is -2.00. The number of ether oxygens (including phenoxy) is 1. The van der Waals surface area contributed by atoms with E-state index < -0.39 is 17.2 Å². The summed E-state index contributed by atoms with van der Waals surface area (Å²) >= 11 is 0. The lowest BCUT2D eigenvalue weighted by atomic mass is 10.2. The highest BCUT2D eigenvalue weighted by atomic mass is 16.5. The van der Waals surface area contributed by atoms with Gasteiger partial charge in [0.1, 0.15) is 0 Å². The number of aromatic nitrogens is 2. The Labute approximate surface area is 104 Å². The van der Waals surface area contributed by atoms with Gasteiger partial charge in [-0.05, 0) is 19.4 Å². The number of nitrogens with one attached hydrogen (secondary N) is 2. The molecule has 0 aliphatic heterocycles. The first kappa shape index (κ1) is 14.0. The van der Waals surface area contributed by atoms with E-state index in [4.69, 9.17) is 4.74 Å². The van der Waals surface area contributed by atoms with E-state index in [9.17, 15) is 14.4 Å².